The Morgan fingerprint density at radius 1 is 1.19 bits per heavy atom. The van der Waals surface area contributed by atoms with Gasteiger partial charge in [0.15, 0.2) is 11.5 Å². The van der Waals surface area contributed by atoms with Gasteiger partial charge in [-0.25, -0.2) is 4.79 Å². The third-order valence-corrected chi connectivity index (χ3v) is 4.32. The summed E-state index contributed by atoms with van der Waals surface area (Å²) in [6.45, 7) is 2.95. The molecule has 3 rings (SSSR count). The van der Waals surface area contributed by atoms with E-state index in [-0.39, 0.29) is 17.9 Å². The van der Waals surface area contributed by atoms with E-state index < -0.39 is 11.9 Å². The van der Waals surface area contributed by atoms with Gasteiger partial charge in [-0.1, -0.05) is 23.4 Å². The van der Waals surface area contributed by atoms with Crippen molar-refractivity contribution in [3.63, 3.8) is 0 Å². The van der Waals surface area contributed by atoms with Gasteiger partial charge in [0.1, 0.15) is 12.3 Å². The Labute approximate surface area is 178 Å². The van der Waals surface area contributed by atoms with Gasteiger partial charge in [-0.2, -0.15) is 0 Å². The minimum atomic E-state index is -1.11. The normalized spacial score (nSPS) is 10.8. The second kappa shape index (κ2) is 10.1. The number of carbonyl (C=O) groups excluding carboxylic acids is 1. The Morgan fingerprint density at radius 2 is 2.00 bits per heavy atom. The molecule has 1 amide bonds. The van der Waals surface area contributed by atoms with E-state index >= 15 is 0 Å². The lowest BCUT2D eigenvalue weighted by atomic mass is 10.1. The van der Waals surface area contributed by atoms with E-state index in [1.165, 1.54) is 25.3 Å². The number of benzene rings is 2. The quantitative estimate of drug-likeness (QED) is 0.509. The van der Waals surface area contributed by atoms with Crippen LogP contribution in [0.4, 0.5) is 5.69 Å². The number of anilines is 1. The topological polar surface area (TPSA) is 116 Å². The van der Waals surface area contributed by atoms with Crippen molar-refractivity contribution in [2.24, 2.45) is 0 Å². The van der Waals surface area contributed by atoms with Crippen LogP contribution in [0.3, 0.4) is 0 Å². The van der Waals surface area contributed by atoms with E-state index in [1.54, 1.807) is 41.1 Å². The maximum absolute atomic E-state index is 12.2. The molecule has 0 aliphatic heterocycles. The lowest BCUT2D eigenvalue weighted by Crippen LogP contribution is -2.11. The monoisotopic (exact) mass is 422 g/mol. The van der Waals surface area contributed by atoms with Crippen molar-refractivity contribution in [1.82, 2.24) is 15.0 Å². The Bertz CT molecular complexity index is 1110. The molecule has 0 atom stereocenters. The minimum Gasteiger partial charge on any atom is -0.493 e. The molecule has 0 aliphatic rings. The number of nitrogens with zero attached hydrogens (tertiary/aromatic N) is 3. The predicted molar refractivity (Wildman–Crippen MR) is 114 cm³/mol. The van der Waals surface area contributed by atoms with Crippen molar-refractivity contribution in [2.75, 3.05) is 12.4 Å². The fourth-order valence-corrected chi connectivity index (χ4v) is 2.74. The van der Waals surface area contributed by atoms with Crippen LogP contribution >= 0.6 is 0 Å². The third kappa shape index (κ3) is 5.69. The van der Waals surface area contributed by atoms with Gasteiger partial charge < -0.3 is 19.9 Å². The molecule has 2 aromatic carbocycles. The summed E-state index contributed by atoms with van der Waals surface area (Å²) in [5, 5.41) is 19.8. The number of hydrogen-bond donors (Lipinski definition) is 2. The highest BCUT2D eigenvalue weighted by Gasteiger charge is 2.11. The zero-order chi connectivity index (χ0) is 22.2. The highest BCUT2D eigenvalue weighted by Crippen LogP contribution is 2.29. The molecule has 0 saturated carbocycles. The molecular weight excluding hydrogens is 400 g/mol. The van der Waals surface area contributed by atoms with Crippen LogP contribution in [0.15, 0.2) is 54.7 Å². The minimum absolute atomic E-state index is 0.0198. The molecule has 0 aliphatic carbocycles. The first-order valence-corrected chi connectivity index (χ1v) is 9.51. The Hall–Kier alpha value is -4.14. The number of nitrogens with one attached hydrogen (secondary N) is 1. The van der Waals surface area contributed by atoms with Crippen LogP contribution in [0.2, 0.25) is 0 Å². The van der Waals surface area contributed by atoms with Gasteiger partial charge in [0.2, 0.25) is 5.91 Å². The van der Waals surface area contributed by atoms with Crippen molar-refractivity contribution in [1.29, 1.82) is 0 Å². The van der Waals surface area contributed by atoms with E-state index in [9.17, 15) is 14.7 Å². The van der Waals surface area contributed by atoms with Crippen LogP contribution in [-0.2, 0) is 17.9 Å². The lowest BCUT2D eigenvalue weighted by molar-refractivity contribution is -0.111. The molecule has 0 spiro atoms. The molecule has 1 heterocycles. The number of carboxylic acid groups (broad SMARTS) is 1. The van der Waals surface area contributed by atoms with Gasteiger partial charge in [0.05, 0.1) is 24.6 Å². The van der Waals surface area contributed by atoms with Gasteiger partial charge in [-0.05, 0) is 42.8 Å². The van der Waals surface area contributed by atoms with E-state index in [1.807, 2.05) is 13.1 Å². The van der Waals surface area contributed by atoms with Crippen LogP contribution in [0.25, 0.3) is 6.08 Å². The zero-order valence-electron chi connectivity index (χ0n) is 17.1. The lowest BCUT2D eigenvalue weighted by Gasteiger charge is -2.10. The maximum Gasteiger partial charge on any atom is 0.337 e. The molecule has 3 aromatic rings. The van der Waals surface area contributed by atoms with Gasteiger partial charge in [0, 0.05) is 12.6 Å². The third-order valence-electron chi connectivity index (χ3n) is 4.32. The number of rotatable bonds is 9. The van der Waals surface area contributed by atoms with Crippen LogP contribution in [0, 0.1) is 0 Å². The standard InChI is InChI=1S/C22H22N4O5/c1-3-26-13-16(24-25-26)14-31-19-10-8-15(12-20(19)30-2)9-11-21(27)23-18-7-5-4-6-17(18)22(28)29/h4-13H,3,14H2,1-2H3,(H,23,27)(H,28,29)/b11-9+. The van der Waals surface area contributed by atoms with E-state index in [0.29, 0.717) is 22.8 Å². The average Bonchev–Trinajstić information content (AvgIpc) is 3.25. The first-order chi connectivity index (χ1) is 15.0. The zero-order valence-corrected chi connectivity index (χ0v) is 17.1. The largest absolute Gasteiger partial charge is 0.493 e. The summed E-state index contributed by atoms with van der Waals surface area (Å²) in [5.41, 5.74) is 1.66. The van der Waals surface area contributed by atoms with Crippen LogP contribution in [0.1, 0.15) is 28.5 Å². The Balaban J connectivity index is 1.65. The number of carbonyl (C=O) groups is 2. The highest BCUT2D eigenvalue weighted by molar-refractivity contribution is 6.06. The number of amides is 1. The van der Waals surface area contributed by atoms with E-state index in [4.69, 9.17) is 9.47 Å². The molecule has 9 nitrogen and oxygen atoms in total. The van der Waals surface area contributed by atoms with Crippen molar-refractivity contribution in [2.45, 2.75) is 20.1 Å². The first kappa shape index (κ1) is 21.6. The van der Waals surface area contributed by atoms with Crippen molar-refractivity contribution < 1.29 is 24.2 Å². The smallest absolute Gasteiger partial charge is 0.337 e. The summed E-state index contributed by atoms with van der Waals surface area (Å²) < 4.78 is 12.9. The Kier molecular flexibility index (Phi) is 7.00. The van der Waals surface area contributed by atoms with E-state index in [0.717, 1.165) is 6.54 Å². The predicted octanol–water partition coefficient (Wildman–Crippen LogP) is 3.24. The summed E-state index contributed by atoms with van der Waals surface area (Å²) in [5.74, 6) is -0.531. The van der Waals surface area contributed by atoms with Crippen LogP contribution < -0.4 is 14.8 Å². The summed E-state index contributed by atoms with van der Waals surface area (Å²) in [6.07, 6.45) is 4.72. The van der Waals surface area contributed by atoms with Crippen molar-refractivity contribution >= 4 is 23.6 Å². The molecule has 9 heteroatoms. The number of aromatic carboxylic acids is 1. The van der Waals surface area contributed by atoms with Crippen molar-refractivity contribution in [3.8, 4) is 11.5 Å². The molecule has 0 fully saturated rings. The maximum atomic E-state index is 12.2. The molecule has 0 saturated heterocycles. The summed E-state index contributed by atoms with van der Waals surface area (Å²) in [6, 6.07) is 11.4. The van der Waals surface area contributed by atoms with Crippen LogP contribution in [0.5, 0.6) is 11.5 Å². The van der Waals surface area contributed by atoms with Crippen molar-refractivity contribution in [3.05, 3.63) is 71.6 Å². The van der Waals surface area contributed by atoms with Crippen LogP contribution in [-0.4, -0.2) is 39.1 Å². The second-order valence-corrected chi connectivity index (χ2v) is 6.44. The van der Waals surface area contributed by atoms with E-state index in [2.05, 4.69) is 15.6 Å². The van der Waals surface area contributed by atoms with Gasteiger partial charge >= 0.3 is 5.97 Å². The highest BCUT2D eigenvalue weighted by atomic mass is 16.5. The number of aryl methyl sites for hydroxylation is 1. The molecular formula is C22H22N4O5. The fourth-order valence-electron chi connectivity index (χ4n) is 2.74. The molecule has 0 bridgehead atoms. The van der Waals surface area contributed by atoms with Gasteiger partial charge in [-0.15, -0.1) is 5.10 Å². The average molecular weight is 422 g/mol. The number of hydrogen-bond acceptors (Lipinski definition) is 6. The molecule has 2 N–H and O–H groups in total. The number of carboxylic acids is 1. The van der Waals surface area contributed by atoms with Gasteiger partial charge in [-0.3, -0.25) is 9.48 Å². The molecule has 31 heavy (non-hydrogen) atoms. The SMILES string of the molecule is CCn1cc(COc2ccc(/C=C/C(=O)Nc3ccccc3C(=O)O)cc2OC)nn1. The number of methoxy groups -OCH3 is 1. The number of para-hydroxylation sites is 1. The fraction of sp³-hybridized carbons (Fsp3) is 0.182. The van der Waals surface area contributed by atoms with Gasteiger partial charge in [0.25, 0.3) is 0 Å². The molecule has 0 unspecified atom stereocenters. The summed E-state index contributed by atoms with van der Waals surface area (Å²) in [4.78, 5) is 23.4. The molecule has 0 radical (unpaired) electrons. The first-order valence-electron chi connectivity index (χ1n) is 9.51. The Morgan fingerprint density at radius 3 is 2.71 bits per heavy atom. The molecule has 1 aromatic heterocycles. The summed E-state index contributed by atoms with van der Waals surface area (Å²) in [7, 11) is 1.53. The molecule has 160 valence electrons. The number of aromatic nitrogens is 3. The second-order valence-electron chi connectivity index (χ2n) is 6.44. The number of ether oxygens (including phenoxy) is 2. The summed E-state index contributed by atoms with van der Waals surface area (Å²) >= 11 is 0.